The van der Waals surface area contributed by atoms with Crippen molar-refractivity contribution in [3.05, 3.63) is 29.7 Å². The second-order valence-corrected chi connectivity index (χ2v) is 7.65. The molecule has 3 aliphatic heterocycles. The van der Waals surface area contributed by atoms with Crippen molar-refractivity contribution in [2.75, 3.05) is 44.2 Å². The van der Waals surface area contributed by atoms with Gasteiger partial charge in [0, 0.05) is 44.2 Å². The smallest absolute Gasteiger partial charge is 0.197 e. The van der Waals surface area contributed by atoms with Gasteiger partial charge in [-0.2, -0.15) is 0 Å². The molecule has 138 valence electrons. The van der Waals surface area contributed by atoms with Crippen LogP contribution in [-0.4, -0.2) is 60.2 Å². The Morgan fingerprint density at radius 3 is 2.96 bits per heavy atom. The van der Waals surface area contributed by atoms with Crippen LogP contribution in [0.3, 0.4) is 0 Å². The largest absolute Gasteiger partial charge is 0.461 e. The van der Waals surface area contributed by atoms with Gasteiger partial charge in [-0.1, -0.05) is 6.42 Å². The fraction of sp³-hybridized carbons (Fsp3) is 0.600. The minimum absolute atomic E-state index is 0.680. The molecule has 0 amide bonds. The van der Waals surface area contributed by atoms with Crippen molar-refractivity contribution in [2.24, 2.45) is 0 Å². The van der Waals surface area contributed by atoms with Crippen LogP contribution in [0.15, 0.2) is 22.8 Å². The fourth-order valence-corrected chi connectivity index (χ4v) is 4.65. The summed E-state index contributed by atoms with van der Waals surface area (Å²) < 4.78 is 5.60. The minimum atomic E-state index is 0.680. The molecule has 0 spiro atoms. The third-order valence-electron chi connectivity index (χ3n) is 6.04. The molecule has 2 saturated heterocycles. The highest BCUT2D eigenvalue weighted by Crippen LogP contribution is 2.30. The zero-order valence-electron chi connectivity index (χ0n) is 15.3. The lowest BCUT2D eigenvalue weighted by Gasteiger charge is -2.45. The predicted octanol–water partition coefficient (Wildman–Crippen LogP) is 2.10. The van der Waals surface area contributed by atoms with Crippen LogP contribution >= 0.6 is 0 Å². The summed E-state index contributed by atoms with van der Waals surface area (Å²) in [6.45, 7) is 6.56. The zero-order chi connectivity index (χ0) is 17.3. The second kappa shape index (κ2) is 7.00. The van der Waals surface area contributed by atoms with Gasteiger partial charge in [0.05, 0.1) is 12.0 Å². The van der Waals surface area contributed by atoms with Crippen molar-refractivity contribution in [3.63, 3.8) is 0 Å². The van der Waals surface area contributed by atoms with Gasteiger partial charge < -0.3 is 14.6 Å². The van der Waals surface area contributed by atoms with Crippen LogP contribution < -0.4 is 10.2 Å². The normalized spacial score (nSPS) is 24.0. The van der Waals surface area contributed by atoms with Crippen LogP contribution in [0.25, 0.3) is 11.6 Å². The summed E-state index contributed by atoms with van der Waals surface area (Å²) in [5, 5.41) is 3.51. The zero-order valence-corrected chi connectivity index (χ0v) is 15.3. The number of hydrogen-bond acceptors (Lipinski definition) is 6. The van der Waals surface area contributed by atoms with E-state index in [-0.39, 0.29) is 0 Å². The number of piperazine rings is 1. The van der Waals surface area contributed by atoms with E-state index in [4.69, 9.17) is 14.4 Å². The molecule has 0 radical (unpaired) electrons. The van der Waals surface area contributed by atoms with E-state index in [2.05, 4.69) is 15.1 Å². The van der Waals surface area contributed by atoms with Gasteiger partial charge in [0.1, 0.15) is 5.82 Å². The summed E-state index contributed by atoms with van der Waals surface area (Å²) in [6, 6.07) is 4.55. The van der Waals surface area contributed by atoms with E-state index < -0.39 is 0 Å². The van der Waals surface area contributed by atoms with E-state index in [0.717, 1.165) is 63.0 Å². The molecule has 2 aromatic rings. The molecule has 1 N–H and O–H groups in total. The summed E-state index contributed by atoms with van der Waals surface area (Å²) in [4.78, 5) is 15.1. The van der Waals surface area contributed by atoms with Crippen LogP contribution in [-0.2, 0) is 12.8 Å². The van der Waals surface area contributed by atoms with E-state index >= 15 is 0 Å². The molecule has 6 heteroatoms. The molecule has 5 rings (SSSR count). The molecule has 26 heavy (non-hydrogen) atoms. The molecule has 3 aliphatic rings. The first-order valence-electron chi connectivity index (χ1n) is 10.0. The average molecular weight is 353 g/mol. The summed E-state index contributed by atoms with van der Waals surface area (Å²) in [7, 11) is 0. The third-order valence-corrected chi connectivity index (χ3v) is 6.04. The van der Waals surface area contributed by atoms with Gasteiger partial charge in [-0.05, 0) is 44.5 Å². The maximum atomic E-state index is 5.60. The van der Waals surface area contributed by atoms with Gasteiger partial charge >= 0.3 is 0 Å². The standard InChI is InChI=1S/C20H27N5O/c1-2-10-24-11-12-25(14-15(24)4-1)20-16-6-8-21-9-7-17(16)22-19(23-20)18-5-3-13-26-18/h3,5,13,15,21H,1-2,4,6-12,14H2/t15-/m0/s1. The molecule has 6 nitrogen and oxygen atoms in total. The van der Waals surface area contributed by atoms with Crippen molar-refractivity contribution in [3.8, 4) is 11.6 Å². The Kier molecular flexibility index (Phi) is 4.38. The van der Waals surface area contributed by atoms with E-state index in [9.17, 15) is 0 Å². The quantitative estimate of drug-likeness (QED) is 0.892. The number of anilines is 1. The maximum Gasteiger partial charge on any atom is 0.197 e. The number of fused-ring (bicyclic) bond motifs is 2. The first-order chi connectivity index (χ1) is 12.9. The van der Waals surface area contributed by atoms with Crippen LogP contribution in [0.1, 0.15) is 30.5 Å². The van der Waals surface area contributed by atoms with Gasteiger partial charge in [0.2, 0.25) is 0 Å². The van der Waals surface area contributed by atoms with Gasteiger partial charge in [-0.15, -0.1) is 0 Å². The molecular weight excluding hydrogens is 326 g/mol. The van der Waals surface area contributed by atoms with Crippen LogP contribution in [0, 0.1) is 0 Å². The second-order valence-electron chi connectivity index (χ2n) is 7.65. The Bertz CT molecular complexity index is 760. The van der Waals surface area contributed by atoms with Gasteiger partial charge in [-0.25, -0.2) is 9.97 Å². The van der Waals surface area contributed by atoms with E-state index in [1.807, 2.05) is 12.1 Å². The number of rotatable bonds is 2. The number of nitrogens with zero attached hydrogens (tertiary/aromatic N) is 4. The highest BCUT2D eigenvalue weighted by Gasteiger charge is 2.31. The van der Waals surface area contributed by atoms with Crippen LogP contribution in [0.2, 0.25) is 0 Å². The van der Waals surface area contributed by atoms with Crippen LogP contribution in [0.4, 0.5) is 5.82 Å². The molecule has 0 aromatic carbocycles. The molecule has 5 heterocycles. The number of aromatic nitrogens is 2. The van der Waals surface area contributed by atoms with Crippen LogP contribution in [0.5, 0.6) is 0 Å². The lowest BCUT2D eigenvalue weighted by atomic mass is 9.99. The van der Waals surface area contributed by atoms with Gasteiger partial charge in [0.15, 0.2) is 11.6 Å². The van der Waals surface area contributed by atoms with Crippen molar-refractivity contribution in [1.82, 2.24) is 20.2 Å². The van der Waals surface area contributed by atoms with Crippen molar-refractivity contribution >= 4 is 5.82 Å². The Labute approximate surface area is 154 Å². The Hall–Kier alpha value is -1.92. The molecule has 0 aliphatic carbocycles. The molecule has 2 fully saturated rings. The predicted molar refractivity (Wildman–Crippen MR) is 101 cm³/mol. The van der Waals surface area contributed by atoms with Gasteiger partial charge in [-0.3, -0.25) is 4.90 Å². The average Bonchev–Trinajstić information content (AvgIpc) is 3.12. The number of nitrogens with one attached hydrogen (secondary N) is 1. The van der Waals surface area contributed by atoms with E-state index in [0.29, 0.717) is 6.04 Å². The molecule has 0 saturated carbocycles. The summed E-state index contributed by atoms with van der Waals surface area (Å²) in [5.41, 5.74) is 2.53. The van der Waals surface area contributed by atoms with E-state index in [1.54, 1.807) is 6.26 Å². The monoisotopic (exact) mass is 353 g/mol. The fourth-order valence-electron chi connectivity index (χ4n) is 4.65. The third kappa shape index (κ3) is 3.01. The summed E-state index contributed by atoms with van der Waals surface area (Å²) in [5.74, 6) is 2.65. The molecule has 2 aromatic heterocycles. The van der Waals surface area contributed by atoms with E-state index in [1.165, 1.54) is 37.1 Å². The maximum absolute atomic E-state index is 5.60. The van der Waals surface area contributed by atoms with Crippen molar-refractivity contribution in [2.45, 2.75) is 38.1 Å². The molecule has 0 bridgehead atoms. The first-order valence-corrected chi connectivity index (χ1v) is 10.0. The molecule has 1 atom stereocenters. The van der Waals surface area contributed by atoms with Crippen molar-refractivity contribution < 1.29 is 4.42 Å². The topological polar surface area (TPSA) is 57.4 Å². The first kappa shape index (κ1) is 16.3. The Morgan fingerprint density at radius 2 is 2.04 bits per heavy atom. The number of piperidine rings is 1. The number of furan rings is 1. The number of hydrogen-bond donors (Lipinski definition) is 1. The lowest BCUT2D eigenvalue weighted by Crippen LogP contribution is -2.55. The highest BCUT2D eigenvalue weighted by atomic mass is 16.3. The summed E-state index contributed by atoms with van der Waals surface area (Å²) >= 11 is 0. The van der Waals surface area contributed by atoms with Gasteiger partial charge in [0.25, 0.3) is 0 Å². The minimum Gasteiger partial charge on any atom is -0.461 e. The molecular formula is C20H27N5O. The van der Waals surface area contributed by atoms with Crippen molar-refractivity contribution in [1.29, 1.82) is 0 Å². The SMILES string of the molecule is c1coc(-c2nc3c(c(N4CCN5CCCC[C@H]5C4)n2)CCNCC3)c1. The summed E-state index contributed by atoms with van der Waals surface area (Å²) in [6.07, 6.45) is 7.70. The Balaban J connectivity index is 1.53. The Morgan fingerprint density at radius 1 is 1.08 bits per heavy atom. The highest BCUT2D eigenvalue weighted by molar-refractivity contribution is 5.57. The molecule has 0 unspecified atom stereocenters. The lowest BCUT2D eigenvalue weighted by molar-refractivity contribution is 0.133.